The maximum absolute atomic E-state index is 11.9. The third kappa shape index (κ3) is 3.48. The number of hydrogen-bond donors (Lipinski definition) is 2. The number of aromatic nitrogens is 3. The molecule has 0 aliphatic carbocycles. The van der Waals surface area contributed by atoms with Crippen LogP contribution >= 0.6 is 23.4 Å². The van der Waals surface area contributed by atoms with Crippen LogP contribution in [-0.4, -0.2) is 26.3 Å². The Morgan fingerprint density at radius 2 is 2.17 bits per heavy atom. The van der Waals surface area contributed by atoms with Crippen LogP contribution in [0.2, 0.25) is 5.02 Å². The molecule has 1 aromatic heterocycles. The highest BCUT2D eigenvalue weighted by atomic mass is 35.5. The number of carbonyl (C=O) groups excluding carboxylic acids is 1. The lowest BCUT2D eigenvalue weighted by Crippen LogP contribution is -2.22. The zero-order valence-electron chi connectivity index (χ0n) is 9.55. The fourth-order valence-corrected chi connectivity index (χ4v) is 2.09. The Labute approximate surface area is 113 Å². The monoisotopic (exact) mass is 282 g/mol. The third-order valence-corrected chi connectivity index (χ3v) is 3.40. The largest absolute Gasteiger partial charge is 0.325 e. The number of H-pyrrole nitrogens is 1. The molecular formula is C11H11ClN4OS. The highest BCUT2D eigenvalue weighted by Gasteiger charge is 2.15. The van der Waals surface area contributed by atoms with Crippen LogP contribution in [-0.2, 0) is 4.79 Å². The van der Waals surface area contributed by atoms with E-state index in [9.17, 15) is 4.79 Å². The second-order valence-corrected chi connectivity index (χ2v) is 5.31. The van der Waals surface area contributed by atoms with Crippen molar-refractivity contribution in [3.8, 4) is 0 Å². The van der Waals surface area contributed by atoms with Crippen LogP contribution in [0.4, 0.5) is 5.69 Å². The Kier molecular flexibility index (Phi) is 4.22. The van der Waals surface area contributed by atoms with E-state index in [2.05, 4.69) is 20.5 Å². The lowest BCUT2D eigenvalue weighted by molar-refractivity contribution is -0.115. The molecule has 5 nitrogen and oxygen atoms in total. The SMILES string of the molecule is C[C@@H](Sc1ncn[nH]1)C(=O)Nc1ccc(Cl)cc1. The molecule has 0 spiro atoms. The molecule has 0 aliphatic heterocycles. The second kappa shape index (κ2) is 5.88. The number of rotatable bonds is 4. The van der Waals surface area contributed by atoms with Crippen LogP contribution in [0.15, 0.2) is 35.7 Å². The van der Waals surface area contributed by atoms with Crippen molar-refractivity contribution < 1.29 is 4.79 Å². The van der Waals surface area contributed by atoms with Gasteiger partial charge in [-0.15, -0.1) is 0 Å². The number of benzene rings is 1. The lowest BCUT2D eigenvalue weighted by Gasteiger charge is -2.10. The lowest BCUT2D eigenvalue weighted by atomic mass is 10.3. The van der Waals surface area contributed by atoms with Crippen molar-refractivity contribution in [2.45, 2.75) is 17.3 Å². The summed E-state index contributed by atoms with van der Waals surface area (Å²) in [6.45, 7) is 1.80. The van der Waals surface area contributed by atoms with Crippen LogP contribution in [0, 0.1) is 0 Å². The standard InChI is InChI=1S/C11H11ClN4OS/c1-7(18-11-13-6-14-16-11)10(17)15-9-4-2-8(12)3-5-9/h2-7H,1H3,(H,15,17)(H,13,14,16)/t7-/m1/s1. The molecule has 0 fully saturated rings. The van der Waals surface area contributed by atoms with E-state index in [1.165, 1.54) is 18.1 Å². The number of aromatic amines is 1. The van der Waals surface area contributed by atoms with Gasteiger partial charge in [-0.3, -0.25) is 9.89 Å². The van der Waals surface area contributed by atoms with Gasteiger partial charge >= 0.3 is 0 Å². The van der Waals surface area contributed by atoms with E-state index in [1.807, 2.05) is 0 Å². The molecule has 0 aliphatic rings. The maximum Gasteiger partial charge on any atom is 0.237 e. The van der Waals surface area contributed by atoms with Crippen molar-refractivity contribution in [3.63, 3.8) is 0 Å². The first-order chi connectivity index (χ1) is 8.65. The van der Waals surface area contributed by atoms with E-state index in [-0.39, 0.29) is 11.2 Å². The first kappa shape index (κ1) is 12.9. The van der Waals surface area contributed by atoms with Gasteiger partial charge in [-0.2, -0.15) is 5.10 Å². The first-order valence-corrected chi connectivity index (χ1v) is 6.49. The number of halogens is 1. The molecule has 18 heavy (non-hydrogen) atoms. The van der Waals surface area contributed by atoms with Crippen molar-refractivity contribution in [1.82, 2.24) is 15.2 Å². The molecular weight excluding hydrogens is 272 g/mol. The summed E-state index contributed by atoms with van der Waals surface area (Å²) in [6, 6.07) is 6.97. The highest BCUT2D eigenvalue weighted by Crippen LogP contribution is 2.20. The van der Waals surface area contributed by atoms with E-state index in [0.717, 1.165) is 5.69 Å². The van der Waals surface area contributed by atoms with Gasteiger partial charge in [0.25, 0.3) is 0 Å². The van der Waals surface area contributed by atoms with Crippen LogP contribution in [0.25, 0.3) is 0 Å². The fraction of sp³-hybridized carbons (Fsp3) is 0.182. The van der Waals surface area contributed by atoms with Crippen LogP contribution in [0.1, 0.15) is 6.92 Å². The van der Waals surface area contributed by atoms with Crippen molar-refractivity contribution >= 4 is 35.0 Å². The fourth-order valence-electron chi connectivity index (χ4n) is 1.25. The number of nitrogens with one attached hydrogen (secondary N) is 2. The molecule has 1 heterocycles. The maximum atomic E-state index is 11.9. The molecule has 7 heteroatoms. The molecule has 0 saturated carbocycles. The Hall–Kier alpha value is -1.53. The Bertz CT molecular complexity index is 514. The minimum atomic E-state index is -0.270. The molecule has 0 unspecified atom stereocenters. The third-order valence-electron chi connectivity index (χ3n) is 2.16. The summed E-state index contributed by atoms with van der Waals surface area (Å²) in [5.74, 6) is -0.0984. The molecule has 0 saturated heterocycles. The van der Waals surface area contributed by atoms with E-state index in [4.69, 9.17) is 11.6 Å². The highest BCUT2D eigenvalue weighted by molar-refractivity contribution is 8.00. The summed E-state index contributed by atoms with van der Waals surface area (Å²) >= 11 is 7.08. The Balaban J connectivity index is 1.93. The number of amides is 1. The number of hydrogen-bond acceptors (Lipinski definition) is 4. The number of nitrogens with zero attached hydrogens (tertiary/aromatic N) is 2. The van der Waals surface area contributed by atoms with E-state index < -0.39 is 0 Å². The molecule has 2 aromatic rings. The minimum absolute atomic E-state index is 0.0984. The predicted molar refractivity (Wildman–Crippen MR) is 71.8 cm³/mol. The molecule has 1 aromatic carbocycles. The van der Waals surface area contributed by atoms with Gasteiger partial charge in [0, 0.05) is 10.7 Å². The summed E-state index contributed by atoms with van der Waals surface area (Å²) in [7, 11) is 0. The average Bonchev–Trinajstić information content (AvgIpc) is 2.85. The Morgan fingerprint density at radius 3 is 2.78 bits per heavy atom. The predicted octanol–water partition coefficient (Wildman–Crippen LogP) is 2.58. The zero-order chi connectivity index (χ0) is 13.0. The summed E-state index contributed by atoms with van der Waals surface area (Å²) in [5, 5.41) is 10.2. The van der Waals surface area contributed by atoms with Crippen LogP contribution in [0.3, 0.4) is 0 Å². The summed E-state index contributed by atoms with van der Waals surface area (Å²) in [5.41, 5.74) is 0.717. The van der Waals surface area contributed by atoms with E-state index in [1.54, 1.807) is 31.2 Å². The van der Waals surface area contributed by atoms with Gasteiger partial charge in [0.1, 0.15) is 6.33 Å². The number of carbonyl (C=O) groups is 1. The van der Waals surface area contributed by atoms with Crippen molar-refractivity contribution in [3.05, 3.63) is 35.6 Å². The number of anilines is 1. The van der Waals surface area contributed by atoms with Gasteiger partial charge in [0.05, 0.1) is 5.25 Å². The molecule has 0 bridgehead atoms. The quantitative estimate of drug-likeness (QED) is 0.846. The van der Waals surface area contributed by atoms with Gasteiger partial charge in [-0.05, 0) is 31.2 Å². The van der Waals surface area contributed by atoms with Gasteiger partial charge in [0.2, 0.25) is 5.91 Å². The van der Waals surface area contributed by atoms with Crippen LogP contribution < -0.4 is 5.32 Å². The normalized spacial score (nSPS) is 12.1. The topological polar surface area (TPSA) is 70.7 Å². The van der Waals surface area contributed by atoms with E-state index >= 15 is 0 Å². The Morgan fingerprint density at radius 1 is 1.44 bits per heavy atom. The van der Waals surface area contributed by atoms with Crippen molar-refractivity contribution in [2.75, 3.05) is 5.32 Å². The summed E-state index contributed by atoms with van der Waals surface area (Å²) in [6.07, 6.45) is 1.41. The van der Waals surface area contributed by atoms with Crippen molar-refractivity contribution in [2.24, 2.45) is 0 Å². The zero-order valence-corrected chi connectivity index (χ0v) is 11.1. The van der Waals surface area contributed by atoms with Gasteiger partial charge < -0.3 is 5.32 Å². The molecule has 94 valence electrons. The molecule has 1 amide bonds. The van der Waals surface area contributed by atoms with Gasteiger partial charge in [-0.25, -0.2) is 4.98 Å². The molecule has 2 N–H and O–H groups in total. The number of thioether (sulfide) groups is 1. The van der Waals surface area contributed by atoms with Gasteiger partial charge in [-0.1, -0.05) is 23.4 Å². The van der Waals surface area contributed by atoms with Gasteiger partial charge in [0.15, 0.2) is 5.16 Å². The molecule has 1 atom stereocenters. The first-order valence-electron chi connectivity index (χ1n) is 5.23. The minimum Gasteiger partial charge on any atom is -0.325 e. The average molecular weight is 283 g/mol. The van der Waals surface area contributed by atoms with Crippen molar-refractivity contribution in [1.29, 1.82) is 0 Å². The smallest absolute Gasteiger partial charge is 0.237 e. The summed E-state index contributed by atoms with van der Waals surface area (Å²) in [4.78, 5) is 15.9. The summed E-state index contributed by atoms with van der Waals surface area (Å²) < 4.78 is 0. The van der Waals surface area contributed by atoms with Crippen LogP contribution in [0.5, 0.6) is 0 Å². The molecule has 2 rings (SSSR count). The molecule has 0 radical (unpaired) electrons. The second-order valence-electron chi connectivity index (χ2n) is 3.55. The van der Waals surface area contributed by atoms with E-state index in [0.29, 0.717) is 10.2 Å².